The SMILES string of the molecule is Cn1ncc(C(=O)N2CCCC3CCCC=C32)c1-c1ccc(CO)cc1. The summed E-state index contributed by atoms with van der Waals surface area (Å²) in [4.78, 5) is 15.4. The van der Waals surface area contributed by atoms with Crippen LogP contribution in [0.1, 0.15) is 48.0 Å². The molecule has 0 spiro atoms. The van der Waals surface area contributed by atoms with Crippen molar-refractivity contribution in [3.63, 3.8) is 0 Å². The number of aryl methyl sites for hydroxylation is 1. The first-order chi connectivity index (χ1) is 12.7. The van der Waals surface area contributed by atoms with E-state index >= 15 is 0 Å². The largest absolute Gasteiger partial charge is 0.392 e. The highest BCUT2D eigenvalue weighted by atomic mass is 16.3. The number of nitrogens with zero attached hydrogens (tertiary/aromatic N) is 3. The van der Waals surface area contributed by atoms with Crippen LogP contribution in [0.4, 0.5) is 0 Å². The van der Waals surface area contributed by atoms with E-state index in [1.165, 1.54) is 25.0 Å². The lowest BCUT2D eigenvalue weighted by molar-refractivity contribution is 0.0749. The van der Waals surface area contributed by atoms with Gasteiger partial charge in [0.25, 0.3) is 5.91 Å². The van der Waals surface area contributed by atoms with E-state index in [1.807, 2.05) is 36.2 Å². The number of aromatic nitrogens is 2. The number of carbonyl (C=O) groups excluding carboxylic acids is 1. The Morgan fingerprint density at radius 3 is 2.77 bits per heavy atom. The van der Waals surface area contributed by atoms with E-state index in [0.717, 1.165) is 36.2 Å². The van der Waals surface area contributed by atoms with Crippen LogP contribution in [0.15, 0.2) is 42.2 Å². The van der Waals surface area contributed by atoms with E-state index in [1.54, 1.807) is 10.9 Å². The van der Waals surface area contributed by atoms with Gasteiger partial charge in [0.1, 0.15) is 0 Å². The van der Waals surface area contributed by atoms with Gasteiger partial charge in [-0.25, -0.2) is 0 Å². The molecule has 1 unspecified atom stereocenters. The van der Waals surface area contributed by atoms with Crippen LogP contribution >= 0.6 is 0 Å². The zero-order valence-electron chi connectivity index (χ0n) is 15.2. The van der Waals surface area contributed by atoms with Gasteiger partial charge in [0.05, 0.1) is 24.1 Å². The molecule has 1 saturated heterocycles. The predicted molar refractivity (Wildman–Crippen MR) is 100 cm³/mol. The summed E-state index contributed by atoms with van der Waals surface area (Å²) in [6.45, 7) is 0.805. The first-order valence-corrected chi connectivity index (χ1v) is 9.43. The Labute approximate surface area is 153 Å². The predicted octanol–water partition coefficient (Wildman–Crippen LogP) is 3.50. The number of hydrogen-bond donors (Lipinski definition) is 1. The minimum Gasteiger partial charge on any atom is -0.392 e. The molecule has 2 aromatic rings. The Bertz CT molecular complexity index is 835. The van der Waals surface area contributed by atoms with Gasteiger partial charge < -0.3 is 10.0 Å². The summed E-state index contributed by atoms with van der Waals surface area (Å²) in [5, 5.41) is 13.6. The molecule has 1 fully saturated rings. The summed E-state index contributed by atoms with van der Waals surface area (Å²) in [5.41, 5.74) is 4.50. The third kappa shape index (κ3) is 2.97. The van der Waals surface area contributed by atoms with E-state index < -0.39 is 0 Å². The maximum atomic E-state index is 13.4. The summed E-state index contributed by atoms with van der Waals surface area (Å²) in [5.74, 6) is 0.586. The lowest BCUT2D eigenvalue weighted by atomic mass is 9.84. The number of carbonyl (C=O) groups is 1. The van der Waals surface area contributed by atoms with E-state index in [2.05, 4.69) is 11.2 Å². The minimum atomic E-state index is 0.0147. The van der Waals surface area contributed by atoms with Gasteiger partial charge in [0, 0.05) is 24.9 Å². The highest BCUT2D eigenvalue weighted by Crippen LogP contribution is 2.36. The van der Waals surface area contributed by atoms with E-state index in [9.17, 15) is 9.90 Å². The van der Waals surface area contributed by atoms with Gasteiger partial charge in [-0.2, -0.15) is 5.10 Å². The molecule has 1 aromatic heterocycles. The van der Waals surface area contributed by atoms with Gasteiger partial charge >= 0.3 is 0 Å². The van der Waals surface area contributed by atoms with E-state index in [-0.39, 0.29) is 12.5 Å². The van der Waals surface area contributed by atoms with Crippen molar-refractivity contribution in [3.05, 3.63) is 53.4 Å². The molecule has 5 nitrogen and oxygen atoms in total. The molecule has 0 bridgehead atoms. The number of allylic oxidation sites excluding steroid dienone is 2. The average molecular weight is 351 g/mol. The number of piperidine rings is 1. The molecule has 1 aromatic carbocycles. The number of amides is 1. The summed E-state index contributed by atoms with van der Waals surface area (Å²) < 4.78 is 1.76. The van der Waals surface area contributed by atoms with Gasteiger partial charge in [0.15, 0.2) is 0 Å². The van der Waals surface area contributed by atoms with Crippen molar-refractivity contribution >= 4 is 5.91 Å². The quantitative estimate of drug-likeness (QED) is 0.921. The summed E-state index contributed by atoms with van der Waals surface area (Å²) >= 11 is 0. The second-order valence-corrected chi connectivity index (χ2v) is 7.24. The first-order valence-electron chi connectivity index (χ1n) is 9.43. The van der Waals surface area contributed by atoms with Gasteiger partial charge in [-0.3, -0.25) is 9.48 Å². The maximum Gasteiger partial charge on any atom is 0.261 e. The molecule has 26 heavy (non-hydrogen) atoms. The van der Waals surface area contributed by atoms with Crippen LogP contribution in [0.2, 0.25) is 0 Å². The molecule has 1 atom stereocenters. The van der Waals surface area contributed by atoms with Gasteiger partial charge in [0.2, 0.25) is 0 Å². The monoisotopic (exact) mass is 351 g/mol. The highest BCUT2D eigenvalue weighted by Gasteiger charge is 2.32. The van der Waals surface area contributed by atoms with Crippen molar-refractivity contribution in [2.75, 3.05) is 6.54 Å². The fraction of sp³-hybridized carbons (Fsp3) is 0.429. The molecule has 1 aliphatic carbocycles. The topological polar surface area (TPSA) is 58.4 Å². The molecule has 1 amide bonds. The zero-order valence-corrected chi connectivity index (χ0v) is 15.2. The number of fused-ring (bicyclic) bond motifs is 1. The molecule has 0 saturated carbocycles. The van der Waals surface area contributed by atoms with Crippen LogP contribution in [0, 0.1) is 5.92 Å². The second-order valence-electron chi connectivity index (χ2n) is 7.24. The van der Waals surface area contributed by atoms with Gasteiger partial charge in [-0.1, -0.05) is 30.3 Å². The summed E-state index contributed by atoms with van der Waals surface area (Å²) in [6, 6.07) is 7.66. The highest BCUT2D eigenvalue weighted by molar-refractivity contribution is 6.00. The van der Waals surface area contributed by atoms with Crippen molar-refractivity contribution in [1.82, 2.24) is 14.7 Å². The normalized spacial score (nSPS) is 19.8. The molecule has 4 rings (SSSR count). The lowest BCUT2D eigenvalue weighted by Gasteiger charge is -2.38. The fourth-order valence-electron chi connectivity index (χ4n) is 4.25. The molecule has 136 valence electrons. The maximum absolute atomic E-state index is 13.4. The van der Waals surface area contributed by atoms with Crippen molar-refractivity contribution in [1.29, 1.82) is 0 Å². The van der Waals surface area contributed by atoms with E-state index in [0.29, 0.717) is 11.5 Å². The Morgan fingerprint density at radius 2 is 2.00 bits per heavy atom. The van der Waals surface area contributed by atoms with Crippen LogP contribution in [-0.4, -0.2) is 32.2 Å². The molecule has 5 heteroatoms. The Morgan fingerprint density at radius 1 is 1.23 bits per heavy atom. The van der Waals surface area contributed by atoms with Crippen LogP contribution < -0.4 is 0 Å². The van der Waals surface area contributed by atoms with Gasteiger partial charge in [-0.15, -0.1) is 0 Å². The molecule has 2 aliphatic rings. The van der Waals surface area contributed by atoms with Crippen LogP contribution in [0.5, 0.6) is 0 Å². The molecule has 0 radical (unpaired) electrons. The van der Waals surface area contributed by atoms with Crippen molar-refractivity contribution < 1.29 is 9.90 Å². The average Bonchev–Trinajstić information content (AvgIpc) is 3.08. The summed E-state index contributed by atoms with van der Waals surface area (Å²) in [6.07, 6.45) is 9.69. The molecular weight excluding hydrogens is 326 g/mol. The van der Waals surface area contributed by atoms with Crippen LogP contribution in [0.25, 0.3) is 11.3 Å². The number of likely N-dealkylation sites (tertiary alicyclic amines) is 1. The van der Waals surface area contributed by atoms with Crippen molar-refractivity contribution in [2.24, 2.45) is 13.0 Å². The lowest BCUT2D eigenvalue weighted by Crippen LogP contribution is -2.39. The van der Waals surface area contributed by atoms with Crippen molar-refractivity contribution in [3.8, 4) is 11.3 Å². The van der Waals surface area contributed by atoms with Crippen LogP contribution in [-0.2, 0) is 13.7 Å². The van der Waals surface area contributed by atoms with E-state index in [4.69, 9.17) is 0 Å². The van der Waals surface area contributed by atoms with Crippen molar-refractivity contribution in [2.45, 2.75) is 38.7 Å². The minimum absolute atomic E-state index is 0.0147. The number of benzene rings is 1. The Hall–Kier alpha value is -2.40. The molecule has 1 aliphatic heterocycles. The van der Waals surface area contributed by atoms with Gasteiger partial charge in [-0.05, 0) is 43.6 Å². The first kappa shape index (κ1) is 17.0. The Balaban J connectivity index is 1.69. The molecule has 2 heterocycles. The Kier molecular flexibility index (Phi) is 4.64. The van der Waals surface area contributed by atoms with Crippen LogP contribution in [0.3, 0.4) is 0 Å². The fourth-order valence-corrected chi connectivity index (χ4v) is 4.25. The second kappa shape index (κ2) is 7.08. The zero-order chi connectivity index (χ0) is 18.1. The standard InChI is InChI=1S/C21H25N3O2/c1-23-20(17-10-8-15(14-25)9-11-17)18(13-22-23)21(26)24-12-4-6-16-5-2-3-7-19(16)24/h7-11,13,16,25H,2-6,12,14H2,1H3. The molecular formula is C21H25N3O2. The number of hydrogen-bond acceptors (Lipinski definition) is 3. The number of aliphatic hydroxyl groups excluding tert-OH is 1. The smallest absolute Gasteiger partial charge is 0.261 e. The third-order valence-corrected chi connectivity index (χ3v) is 5.60. The molecule has 1 N–H and O–H groups in total. The summed E-state index contributed by atoms with van der Waals surface area (Å²) in [7, 11) is 1.87. The number of aliphatic hydroxyl groups is 1. The third-order valence-electron chi connectivity index (χ3n) is 5.60. The number of rotatable bonds is 3.